The van der Waals surface area contributed by atoms with Crippen molar-refractivity contribution in [1.29, 1.82) is 0 Å². The first-order chi connectivity index (χ1) is 13.6. The van der Waals surface area contributed by atoms with Crippen LogP contribution in [0.15, 0.2) is 34.1 Å². The molecule has 0 atom stereocenters. The molecule has 3 rings (SSSR count). The molecule has 0 aliphatic carbocycles. The van der Waals surface area contributed by atoms with Crippen molar-refractivity contribution in [2.75, 3.05) is 0 Å². The smallest absolute Gasteiger partial charge is 0.338 e. The molecule has 28 heavy (non-hydrogen) atoms. The predicted octanol–water partition coefficient (Wildman–Crippen LogP) is 1.85. The van der Waals surface area contributed by atoms with Gasteiger partial charge in [-0.3, -0.25) is 19.3 Å². The number of ether oxygens (including phenoxy) is 1. The molecule has 0 unspecified atom stereocenters. The number of aromatic nitrogens is 5. The molecule has 0 amide bonds. The molecule has 0 bridgehead atoms. The van der Waals surface area contributed by atoms with Crippen LogP contribution in [0.3, 0.4) is 0 Å². The van der Waals surface area contributed by atoms with Gasteiger partial charge in [-0.05, 0) is 25.0 Å². The Hall–Kier alpha value is -3.23. The summed E-state index contributed by atoms with van der Waals surface area (Å²) in [5.41, 5.74) is 0.0665. The third-order valence-electron chi connectivity index (χ3n) is 4.40. The molecule has 148 valence electrons. The molecule has 1 N–H and O–H groups in total. The molecule has 3 aromatic rings. The first-order valence-electron chi connectivity index (χ1n) is 9.36. The molecule has 3 aromatic heterocycles. The van der Waals surface area contributed by atoms with Crippen LogP contribution in [0.5, 0.6) is 0 Å². The number of imidazole rings is 1. The highest BCUT2D eigenvalue weighted by atomic mass is 16.5. The van der Waals surface area contributed by atoms with Gasteiger partial charge in [0.25, 0.3) is 5.56 Å². The third-order valence-corrected chi connectivity index (χ3v) is 4.40. The van der Waals surface area contributed by atoms with Gasteiger partial charge in [-0.15, -0.1) is 0 Å². The number of carbonyl (C=O) groups excluding carboxylic acids is 1. The van der Waals surface area contributed by atoms with Crippen molar-refractivity contribution in [2.45, 2.75) is 52.8 Å². The highest BCUT2D eigenvalue weighted by molar-refractivity contribution is 5.89. The van der Waals surface area contributed by atoms with E-state index in [4.69, 9.17) is 4.74 Å². The number of esters is 1. The van der Waals surface area contributed by atoms with Crippen LogP contribution in [0.4, 0.5) is 0 Å². The first kappa shape index (κ1) is 19.5. The van der Waals surface area contributed by atoms with E-state index in [0.29, 0.717) is 35.6 Å². The highest BCUT2D eigenvalue weighted by Gasteiger charge is 2.19. The Balaban J connectivity index is 2.00. The summed E-state index contributed by atoms with van der Waals surface area (Å²) in [5, 5.41) is 0. The van der Waals surface area contributed by atoms with E-state index < -0.39 is 17.2 Å². The number of nitrogens with one attached hydrogen (secondary N) is 1. The molecule has 0 saturated heterocycles. The molecule has 0 fully saturated rings. The topological polar surface area (TPSA) is 112 Å². The van der Waals surface area contributed by atoms with Gasteiger partial charge in [0.1, 0.15) is 12.4 Å². The molecule has 0 aromatic carbocycles. The average molecular weight is 385 g/mol. The van der Waals surface area contributed by atoms with Gasteiger partial charge < -0.3 is 9.30 Å². The van der Waals surface area contributed by atoms with Crippen LogP contribution >= 0.6 is 0 Å². The Morgan fingerprint density at radius 1 is 1.11 bits per heavy atom. The lowest BCUT2D eigenvalue weighted by molar-refractivity contribution is 0.0458. The number of unbranched alkanes of at least 4 members (excludes halogenated alkanes) is 1. The fourth-order valence-electron chi connectivity index (χ4n) is 3.02. The summed E-state index contributed by atoms with van der Waals surface area (Å²) in [6.45, 7) is 4.88. The summed E-state index contributed by atoms with van der Waals surface area (Å²) < 4.78 is 8.56. The van der Waals surface area contributed by atoms with Gasteiger partial charge in [0.2, 0.25) is 0 Å². The lowest BCUT2D eigenvalue weighted by Gasteiger charge is -2.08. The minimum Gasteiger partial charge on any atom is -0.454 e. The maximum Gasteiger partial charge on any atom is 0.338 e. The normalized spacial score (nSPS) is 11.1. The Bertz CT molecular complexity index is 1080. The van der Waals surface area contributed by atoms with Crippen LogP contribution in [0, 0.1) is 0 Å². The van der Waals surface area contributed by atoms with E-state index >= 15 is 0 Å². The second-order valence-corrected chi connectivity index (χ2v) is 6.43. The number of aryl methyl sites for hydroxylation is 2. The second-order valence-electron chi connectivity index (χ2n) is 6.43. The fourth-order valence-corrected chi connectivity index (χ4v) is 3.02. The van der Waals surface area contributed by atoms with Crippen LogP contribution in [0.2, 0.25) is 0 Å². The van der Waals surface area contributed by atoms with Crippen molar-refractivity contribution in [3.8, 4) is 0 Å². The van der Waals surface area contributed by atoms with Crippen LogP contribution in [-0.4, -0.2) is 30.1 Å². The summed E-state index contributed by atoms with van der Waals surface area (Å²) in [6, 6.07) is 3.12. The largest absolute Gasteiger partial charge is 0.454 e. The third kappa shape index (κ3) is 3.88. The van der Waals surface area contributed by atoms with E-state index in [1.165, 1.54) is 17.0 Å². The van der Waals surface area contributed by atoms with Crippen molar-refractivity contribution in [3.63, 3.8) is 0 Å². The van der Waals surface area contributed by atoms with Crippen LogP contribution in [0.1, 0.15) is 49.3 Å². The monoisotopic (exact) mass is 385 g/mol. The number of H-pyrrole nitrogens is 1. The molecule has 0 radical (unpaired) electrons. The van der Waals surface area contributed by atoms with Gasteiger partial charge in [-0.25, -0.2) is 14.6 Å². The Labute approximate surface area is 161 Å². The summed E-state index contributed by atoms with van der Waals surface area (Å²) >= 11 is 0. The van der Waals surface area contributed by atoms with Crippen molar-refractivity contribution < 1.29 is 9.53 Å². The zero-order valence-electron chi connectivity index (χ0n) is 16.0. The lowest BCUT2D eigenvalue weighted by atomic mass is 10.3. The summed E-state index contributed by atoms with van der Waals surface area (Å²) in [6.07, 6.45) is 5.46. The summed E-state index contributed by atoms with van der Waals surface area (Å²) in [5.74, 6) is -0.0737. The first-order valence-corrected chi connectivity index (χ1v) is 9.36. The fraction of sp³-hybridized carbons (Fsp3) is 0.421. The van der Waals surface area contributed by atoms with E-state index in [2.05, 4.69) is 15.0 Å². The van der Waals surface area contributed by atoms with E-state index in [0.717, 1.165) is 19.3 Å². The molecule has 9 heteroatoms. The zero-order valence-corrected chi connectivity index (χ0v) is 16.0. The number of fused-ring (bicyclic) bond motifs is 1. The van der Waals surface area contributed by atoms with Gasteiger partial charge >= 0.3 is 11.7 Å². The molecular weight excluding hydrogens is 362 g/mol. The van der Waals surface area contributed by atoms with E-state index in [1.807, 2.05) is 13.8 Å². The van der Waals surface area contributed by atoms with Gasteiger partial charge in [-0.1, -0.05) is 20.3 Å². The predicted molar refractivity (Wildman–Crippen MR) is 103 cm³/mol. The number of carbonyl (C=O) groups is 1. The van der Waals surface area contributed by atoms with E-state index in [-0.39, 0.29) is 6.61 Å². The Kier molecular flexibility index (Phi) is 6.03. The molecule has 0 spiro atoms. The Morgan fingerprint density at radius 3 is 2.54 bits per heavy atom. The van der Waals surface area contributed by atoms with E-state index in [9.17, 15) is 14.4 Å². The van der Waals surface area contributed by atoms with Crippen LogP contribution in [0.25, 0.3) is 11.2 Å². The zero-order chi connectivity index (χ0) is 20.1. The molecule has 0 saturated carbocycles. The number of hydrogen-bond acceptors (Lipinski definition) is 6. The van der Waals surface area contributed by atoms with Crippen molar-refractivity contribution in [1.82, 2.24) is 24.1 Å². The average Bonchev–Trinajstić information content (AvgIpc) is 3.05. The van der Waals surface area contributed by atoms with Crippen LogP contribution < -0.4 is 11.2 Å². The second kappa shape index (κ2) is 8.64. The maximum absolute atomic E-state index is 12.4. The van der Waals surface area contributed by atoms with Crippen LogP contribution in [-0.2, 0) is 24.4 Å². The standard InChI is InChI=1S/C19H23N5O4/c1-3-5-11-24-16-15(17(25)22-19(24)27)23(10-4-2)14(21-16)12-28-18(26)13-6-8-20-9-7-13/h6-9H,3-5,10-12H2,1-2H3,(H,22,25,27). The number of rotatable bonds is 8. The minimum atomic E-state index is -0.505. The lowest BCUT2D eigenvalue weighted by Crippen LogP contribution is -2.31. The maximum atomic E-state index is 12.4. The number of hydrogen-bond donors (Lipinski definition) is 1. The highest BCUT2D eigenvalue weighted by Crippen LogP contribution is 2.14. The molecule has 9 nitrogen and oxygen atoms in total. The molecule has 3 heterocycles. The van der Waals surface area contributed by atoms with Crippen molar-refractivity contribution in [2.24, 2.45) is 0 Å². The van der Waals surface area contributed by atoms with Gasteiger partial charge in [0, 0.05) is 25.5 Å². The number of pyridine rings is 1. The van der Waals surface area contributed by atoms with Crippen molar-refractivity contribution in [3.05, 3.63) is 56.8 Å². The summed E-state index contributed by atoms with van der Waals surface area (Å²) in [4.78, 5) is 47.7. The number of aromatic amines is 1. The SMILES string of the molecule is CCCCn1c(=O)[nH]c(=O)c2c1nc(COC(=O)c1ccncc1)n2CCC. The quantitative estimate of drug-likeness (QED) is 0.592. The molecule has 0 aliphatic rings. The van der Waals surface area contributed by atoms with E-state index in [1.54, 1.807) is 16.7 Å². The molecule has 0 aliphatic heterocycles. The molecular formula is C19H23N5O4. The minimum absolute atomic E-state index is 0.1000. The summed E-state index contributed by atoms with van der Waals surface area (Å²) in [7, 11) is 0. The van der Waals surface area contributed by atoms with Gasteiger partial charge in [-0.2, -0.15) is 0 Å². The Morgan fingerprint density at radius 2 is 1.86 bits per heavy atom. The number of nitrogens with zero attached hydrogens (tertiary/aromatic N) is 4. The van der Waals surface area contributed by atoms with Gasteiger partial charge in [0.05, 0.1) is 5.56 Å². The van der Waals surface area contributed by atoms with Gasteiger partial charge in [0.15, 0.2) is 11.2 Å². The van der Waals surface area contributed by atoms with Crippen molar-refractivity contribution >= 4 is 17.1 Å².